The Labute approximate surface area is 287 Å². The summed E-state index contributed by atoms with van der Waals surface area (Å²) in [6.07, 6.45) is 2.76. The average molecular weight is 718 g/mol. The number of carbonyl (C=O) groups is 2. The standard InChI is InChI=1S/C36H38BrFN6O4/c1-47-35-21(17-39-19-23-11-15-31(45)41-23)9-13-29(43-35)27-7-3-5-25(33(27)37)26-6-4-8-28(34(26)38)30-14-10-22(36(44-30)48-2)18-40-20-24-12-16-32(46)42-24/h3-10,13-14,23-24,39-40H,11-12,15-20H2,1-2H3,(H,41,45)(H,42,46)/t23-,24-/m1/s1. The Morgan fingerprint density at radius 1 is 0.729 bits per heavy atom. The van der Waals surface area contributed by atoms with E-state index in [1.54, 1.807) is 32.4 Å². The van der Waals surface area contributed by atoms with Crippen molar-refractivity contribution in [1.29, 1.82) is 0 Å². The molecule has 2 aliphatic rings. The number of benzene rings is 2. The first-order chi connectivity index (χ1) is 23.3. The Morgan fingerprint density at radius 2 is 1.21 bits per heavy atom. The lowest BCUT2D eigenvalue weighted by Gasteiger charge is -2.16. The van der Waals surface area contributed by atoms with Gasteiger partial charge >= 0.3 is 0 Å². The van der Waals surface area contributed by atoms with Gasteiger partial charge in [-0.3, -0.25) is 9.59 Å². The molecular formula is C36H38BrFN6O4. The first kappa shape index (κ1) is 33.5. The molecule has 0 aliphatic carbocycles. The molecule has 2 amide bonds. The van der Waals surface area contributed by atoms with Gasteiger partial charge in [0.05, 0.1) is 25.6 Å². The van der Waals surface area contributed by atoms with E-state index in [2.05, 4.69) is 42.2 Å². The van der Waals surface area contributed by atoms with Crippen LogP contribution in [0.4, 0.5) is 4.39 Å². The lowest BCUT2D eigenvalue weighted by atomic mass is 9.97. The Kier molecular flexibility index (Phi) is 10.6. The van der Waals surface area contributed by atoms with Crippen LogP contribution in [0.25, 0.3) is 33.6 Å². The maximum atomic E-state index is 16.3. The van der Waals surface area contributed by atoms with Gasteiger partial charge in [0.15, 0.2) is 0 Å². The lowest BCUT2D eigenvalue weighted by Crippen LogP contribution is -2.35. The summed E-state index contributed by atoms with van der Waals surface area (Å²) in [5, 5.41) is 12.6. The van der Waals surface area contributed by atoms with Gasteiger partial charge in [-0.15, -0.1) is 0 Å². The van der Waals surface area contributed by atoms with Crippen molar-refractivity contribution < 1.29 is 23.5 Å². The average Bonchev–Trinajstić information content (AvgIpc) is 3.72. The monoisotopic (exact) mass is 716 g/mol. The molecule has 0 unspecified atom stereocenters. The molecule has 10 nitrogen and oxygen atoms in total. The normalized spacial score (nSPS) is 17.3. The van der Waals surface area contributed by atoms with Gasteiger partial charge in [-0.2, -0.15) is 0 Å². The minimum atomic E-state index is -0.404. The fourth-order valence-corrected chi connectivity index (χ4v) is 6.84. The second-order valence-electron chi connectivity index (χ2n) is 11.9. The Hall–Kier alpha value is -4.39. The van der Waals surface area contributed by atoms with Crippen LogP contribution in [0.1, 0.15) is 36.8 Å². The summed E-state index contributed by atoms with van der Waals surface area (Å²) >= 11 is 3.74. The fraction of sp³-hybridized carbons (Fsp3) is 0.333. The topological polar surface area (TPSA) is 126 Å². The largest absolute Gasteiger partial charge is 0.481 e. The first-order valence-electron chi connectivity index (χ1n) is 16.0. The molecule has 4 N–H and O–H groups in total. The fourth-order valence-electron chi connectivity index (χ4n) is 6.16. The van der Waals surface area contributed by atoms with Gasteiger partial charge in [-0.1, -0.05) is 42.5 Å². The minimum Gasteiger partial charge on any atom is -0.481 e. The summed E-state index contributed by atoms with van der Waals surface area (Å²) in [5.74, 6) is 0.667. The van der Waals surface area contributed by atoms with E-state index in [4.69, 9.17) is 14.5 Å². The predicted molar refractivity (Wildman–Crippen MR) is 185 cm³/mol. The molecule has 0 saturated carbocycles. The number of rotatable bonds is 13. The number of methoxy groups -OCH3 is 2. The number of nitrogens with zero attached hydrogens (tertiary/aromatic N) is 2. The van der Waals surface area contributed by atoms with Crippen molar-refractivity contribution in [2.24, 2.45) is 0 Å². The highest BCUT2D eigenvalue weighted by atomic mass is 79.9. The molecule has 0 radical (unpaired) electrons. The smallest absolute Gasteiger partial charge is 0.220 e. The Morgan fingerprint density at radius 3 is 1.71 bits per heavy atom. The second-order valence-corrected chi connectivity index (χ2v) is 12.7. The summed E-state index contributed by atoms with van der Waals surface area (Å²) in [4.78, 5) is 32.4. The van der Waals surface area contributed by atoms with Crippen LogP contribution < -0.4 is 30.7 Å². The number of amides is 2. The van der Waals surface area contributed by atoms with E-state index in [0.717, 1.165) is 29.5 Å². The summed E-state index contributed by atoms with van der Waals surface area (Å²) < 4.78 is 28.2. The van der Waals surface area contributed by atoms with Gasteiger partial charge in [0.25, 0.3) is 0 Å². The highest BCUT2D eigenvalue weighted by Gasteiger charge is 2.22. The molecule has 250 valence electrons. The molecule has 4 heterocycles. The molecule has 48 heavy (non-hydrogen) atoms. The molecule has 2 atom stereocenters. The van der Waals surface area contributed by atoms with Crippen molar-refractivity contribution in [3.8, 4) is 45.4 Å². The predicted octanol–water partition coefficient (Wildman–Crippen LogP) is 5.13. The number of ether oxygens (including phenoxy) is 2. The van der Waals surface area contributed by atoms with Crippen LogP contribution in [0.2, 0.25) is 0 Å². The molecule has 4 aromatic rings. The van der Waals surface area contributed by atoms with Crippen LogP contribution >= 0.6 is 15.9 Å². The maximum absolute atomic E-state index is 16.3. The Bertz CT molecular complexity index is 1690. The van der Waals surface area contributed by atoms with Crippen LogP contribution in [0.5, 0.6) is 11.8 Å². The van der Waals surface area contributed by atoms with Gasteiger partial charge in [-0.05, 0) is 52.5 Å². The SMILES string of the molecule is COc1nc(-c2cccc(-c3cccc(-c4ccc(CNC[C@H]5CCC(=O)N5)c(OC)n4)c3Br)c2F)ccc1CNC[C@H]1CCC(=O)N1. The summed E-state index contributed by atoms with van der Waals surface area (Å²) in [6, 6.07) is 18.7. The lowest BCUT2D eigenvalue weighted by molar-refractivity contribution is -0.120. The van der Waals surface area contributed by atoms with Crippen molar-refractivity contribution in [3.63, 3.8) is 0 Å². The molecule has 2 aliphatic heterocycles. The number of nitrogens with one attached hydrogen (secondary N) is 4. The van der Waals surface area contributed by atoms with Crippen molar-refractivity contribution in [3.05, 3.63) is 82.1 Å². The van der Waals surface area contributed by atoms with Gasteiger partial charge in [0.1, 0.15) is 5.82 Å². The zero-order valence-electron chi connectivity index (χ0n) is 26.9. The molecule has 2 aromatic heterocycles. The highest BCUT2D eigenvalue weighted by molar-refractivity contribution is 9.10. The molecule has 2 aromatic carbocycles. The minimum absolute atomic E-state index is 0.0806. The van der Waals surface area contributed by atoms with E-state index < -0.39 is 5.82 Å². The van der Waals surface area contributed by atoms with E-state index in [1.165, 1.54) is 0 Å². The van der Waals surface area contributed by atoms with E-state index >= 15 is 4.39 Å². The third kappa shape index (κ3) is 7.51. The van der Waals surface area contributed by atoms with Crippen LogP contribution in [0.15, 0.2) is 65.1 Å². The number of halogens is 2. The quantitative estimate of drug-likeness (QED) is 0.150. The molecule has 0 spiro atoms. The first-order valence-corrected chi connectivity index (χ1v) is 16.8. The zero-order chi connectivity index (χ0) is 33.6. The molecular weight excluding hydrogens is 679 g/mol. The highest BCUT2D eigenvalue weighted by Crippen LogP contribution is 2.40. The number of hydrogen-bond donors (Lipinski definition) is 4. The van der Waals surface area contributed by atoms with E-state index in [-0.39, 0.29) is 23.9 Å². The van der Waals surface area contributed by atoms with Crippen molar-refractivity contribution >= 4 is 27.7 Å². The third-order valence-corrected chi connectivity index (χ3v) is 9.54. The van der Waals surface area contributed by atoms with Crippen molar-refractivity contribution in [2.45, 2.75) is 50.9 Å². The van der Waals surface area contributed by atoms with Gasteiger partial charge in [0.2, 0.25) is 23.6 Å². The van der Waals surface area contributed by atoms with Crippen LogP contribution in [-0.2, 0) is 22.7 Å². The number of aromatic nitrogens is 2. The van der Waals surface area contributed by atoms with Gasteiger partial charge in [0, 0.05) is 83.4 Å². The van der Waals surface area contributed by atoms with Crippen molar-refractivity contribution in [1.82, 2.24) is 31.2 Å². The van der Waals surface area contributed by atoms with Gasteiger partial charge < -0.3 is 30.7 Å². The summed E-state index contributed by atoms with van der Waals surface area (Å²) in [5.41, 5.74) is 5.09. The summed E-state index contributed by atoms with van der Waals surface area (Å²) in [7, 11) is 3.13. The number of pyridine rings is 2. The molecule has 0 bridgehead atoms. The van der Waals surface area contributed by atoms with E-state index in [1.807, 2.05) is 42.5 Å². The van der Waals surface area contributed by atoms with Gasteiger partial charge in [-0.25, -0.2) is 14.4 Å². The second kappa shape index (κ2) is 15.2. The van der Waals surface area contributed by atoms with Crippen LogP contribution in [0, 0.1) is 5.82 Å². The molecule has 12 heteroatoms. The molecule has 2 fully saturated rings. The Balaban J connectivity index is 1.20. The van der Waals surface area contributed by atoms with Crippen LogP contribution in [-0.4, -0.2) is 61.2 Å². The number of hydrogen-bond acceptors (Lipinski definition) is 8. The molecule has 2 saturated heterocycles. The van der Waals surface area contributed by atoms with Crippen LogP contribution in [0.3, 0.4) is 0 Å². The van der Waals surface area contributed by atoms with E-state index in [9.17, 15) is 9.59 Å². The summed E-state index contributed by atoms with van der Waals surface area (Å²) in [6.45, 7) is 2.36. The number of carbonyl (C=O) groups excluding carboxylic acids is 2. The molecule has 6 rings (SSSR count). The maximum Gasteiger partial charge on any atom is 0.220 e. The zero-order valence-corrected chi connectivity index (χ0v) is 28.5. The van der Waals surface area contributed by atoms with E-state index in [0.29, 0.717) is 83.3 Å². The third-order valence-electron chi connectivity index (χ3n) is 8.69. The van der Waals surface area contributed by atoms with Crippen molar-refractivity contribution in [2.75, 3.05) is 27.3 Å².